The molecule has 228 valence electrons. The van der Waals surface area contributed by atoms with Gasteiger partial charge in [0.2, 0.25) is 0 Å². The van der Waals surface area contributed by atoms with Gasteiger partial charge in [-0.15, -0.1) is 0 Å². The summed E-state index contributed by atoms with van der Waals surface area (Å²) in [6.07, 6.45) is 0. The molecule has 0 saturated heterocycles. The largest absolute Gasteiger partial charge is 0.466 e. The summed E-state index contributed by atoms with van der Waals surface area (Å²) < 4.78 is 23.7. The SMILES string of the molecule is CC(=O)OCC(C)(C)C.CCOC(=O)C(C)(C)C.CCOCC(C)(C)C.COC(=O)COC(=O)C(C)(C)C. The maximum absolute atomic E-state index is 11.1. The van der Waals surface area contributed by atoms with Gasteiger partial charge in [0.05, 0.1) is 37.8 Å². The fourth-order valence-corrected chi connectivity index (χ4v) is 1.47. The molecule has 0 bridgehead atoms. The fraction of sp³-hybridized carbons (Fsp3) is 0.862. The molecule has 9 heteroatoms. The van der Waals surface area contributed by atoms with E-state index >= 15 is 0 Å². The van der Waals surface area contributed by atoms with Gasteiger partial charge in [-0.2, -0.15) is 0 Å². The van der Waals surface area contributed by atoms with Crippen molar-refractivity contribution >= 4 is 23.9 Å². The molecule has 0 heterocycles. The summed E-state index contributed by atoms with van der Waals surface area (Å²) in [6.45, 7) is 30.8. The molecule has 0 aliphatic carbocycles. The molecule has 0 radical (unpaired) electrons. The van der Waals surface area contributed by atoms with Crippen LogP contribution in [0.2, 0.25) is 0 Å². The topological polar surface area (TPSA) is 114 Å². The van der Waals surface area contributed by atoms with Crippen LogP contribution in [0.5, 0.6) is 0 Å². The molecule has 0 saturated carbocycles. The summed E-state index contributed by atoms with van der Waals surface area (Å²) >= 11 is 0. The van der Waals surface area contributed by atoms with Crippen LogP contribution in [0.15, 0.2) is 0 Å². The van der Waals surface area contributed by atoms with Gasteiger partial charge in [-0.1, -0.05) is 41.5 Å². The van der Waals surface area contributed by atoms with Crippen molar-refractivity contribution in [2.24, 2.45) is 21.7 Å². The highest BCUT2D eigenvalue weighted by Gasteiger charge is 2.24. The first-order chi connectivity index (χ1) is 16.8. The Balaban J connectivity index is -0.000000205. The van der Waals surface area contributed by atoms with E-state index in [-0.39, 0.29) is 29.4 Å². The Morgan fingerprint density at radius 2 is 0.974 bits per heavy atom. The van der Waals surface area contributed by atoms with Crippen molar-refractivity contribution in [1.29, 1.82) is 0 Å². The van der Waals surface area contributed by atoms with E-state index in [2.05, 4.69) is 30.2 Å². The number of methoxy groups -OCH3 is 1. The lowest BCUT2D eigenvalue weighted by Crippen LogP contribution is -2.25. The predicted octanol–water partition coefficient (Wildman–Crippen LogP) is 6.01. The molecule has 0 N–H and O–H groups in total. The van der Waals surface area contributed by atoms with Crippen LogP contribution >= 0.6 is 0 Å². The predicted molar refractivity (Wildman–Crippen MR) is 151 cm³/mol. The van der Waals surface area contributed by atoms with Crippen LogP contribution in [0.3, 0.4) is 0 Å². The Bertz CT molecular complexity index is 655. The standard InChI is InChI=1S/C8H14O4.2C7H14O2.C7H16O/c1-8(2,3)7(10)12-5-6(9)11-4;1-6(8)9-5-7(2,3)4;1-5-9-6(8)7(2,3)4;1-5-8-6-7(2,3)4/h5H2,1-4H3;2*5H2,1-4H3;5-6H2,1-4H3. The van der Waals surface area contributed by atoms with Crippen LogP contribution in [0.25, 0.3) is 0 Å². The van der Waals surface area contributed by atoms with Crippen LogP contribution in [-0.2, 0) is 42.9 Å². The van der Waals surface area contributed by atoms with Crippen molar-refractivity contribution in [2.45, 2.75) is 104 Å². The molecule has 0 aromatic heterocycles. The number of rotatable bonds is 6. The smallest absolute Gasteiger partial charge is 0.344 e. The molecule has 0 unspecified atom stereocenters. The van der Waals surface area contributed by atoms with E-state index in [1.165, 1.54) is 14.0 Å². The number of carbonyl (C=O) groups is 4. The molecule has 0 atom stereocenters. The Kier molecular flexibility index (Phi) is 23.4. The Morgan fingerprint density at radius 1 is 0.579 bits per heavy atom. The second kappa shape index (κ2) is 20.8. The molecule has 0 aromatic rings. The van der Waals surface area contributed by atoms with Crippen molar-refractivity contribution < 1.29 is 42.9 Å². The minimum Gasteiger partial charge on any atom is -0.466 e. The zero-order valence-electron chi connectivity index (χ0n) is 27.2. The monoisotopic (exact) mass is 550 g/mol. The quantitative estimate of drug-likeness (QED) is 0.290. The van der Waals surface area contributed by atoms with Crippen LogP contribution < -0.4 is 0 Å². The van der Waals surface area contributed by atoms with Crippen LogP contribution in [-0.4, -0.2) is 64.0 Å². The molecule has 9 nitrogen and oxygen atoms in total. The first kappa shape index (κ1) is 42.9. The van der Waals surface area contributed by atoms with E-state index in [0.717, 1.165) is 13.2 Å². The number of carbonyl (C=O) groups excluding carboxylic acids is 4. The second-order valence-electron chi connectivity index (χ2n) is 12.9. The minimum absolute atomic E-state index is 0.0890. The zero-order chi connectivity index (χ0) is 31.4. The van der Waals surface area contributed by atoms with Gasteiger partial charge in [-0.3, -0.25) is 14.4 Å². The summed E-state index contributed by atoms with van der Waals surface area (Å²) in [4.78, 5) is 42.7. The van der Waals surface area contributed by atoms with Crippen LogP contribution in [0.4, 0.5) is 0 Å². The molecular weight excluding hydrogens is 492 g/mol. The lowest BCUT2D eigenvalue weighted by atomic mass is 9.97. The normalized spacial score (nSPS) is 11.2. The highest BCUT2D eigenvalue weighted by molar-refractivity contribution is 5.79. The molecule has 0 amide bonds. The van der Waals surface area contributed by atoms with Crippen molar-refractivity contribution in [3.8, 4) is 0 Å². The average Bonchev–Trinajstić information content (AvgIpc) is 2.73. The average molecular weight is 551 g/mol. The Morgan fingerprint density at radius 3 is 1.16 bits per heavy atom. The first-order valence-corrected chi connectivity index (χ1v) is 13.0. The maximum Gasteiger partial charge on any atom is 0.344 e. The molecule has 0 aliphatic heterocycles. The van der Waals surface area contributed by atoms with Gasteiger partial charge < -0.3 is 23.7 Å². The van der Waals surface area contributed by atoms with E-state index < -0.39 is 17.4 Å². The number of hydrogen-bond acceptors (Lipinski definition) is 9. The molecular formula is C29H58O9. The van der Waals surface area contributed by atoms with Gasteiger partial charge in [-0.25, -0.2) is 4.79 Å². The Hall–Kier alpha value is -2.16. The molecule has 0 aliphatic rings. The van der Waals surface area contributed by atoms with Gasteiger partial charge in [0.15, 0.2) is 6.61 Å². The van der Waals surface area contributed by atoms with Gasteiger partial charge >= 0.3 is 23.9 Å². The lowest BCUT2D eigenvalue weighted by Gasteiger charge is -2.16. The van der Waals surface area contributed by atoms with E-state index in [1.807, 2.05) is 55.4 Å². The summed E-state index contributed by atoms with van der Waals surface area (Å²) in [5.74, 6) is -1.30. The molecule has 0 spiro atoms. The molecule has 0 rings (SSSR count). The summed E-state index contributed by atoms with van der Waals surface area (Å²) in [5.41, 5.74) is -0.508. The van der Waals surface area contributed by atoms with Crippen LogP contribution in [0.1, 0.15) is 104 Å². The maximum atomic E-state index is 11.1. The third-order valence-corrected chi connectivity index (χ3v) is 3.50. The number of esters is 4. The van der Waals surface area contributed by atoms with Crippen molar-refractivity contribution in [3.63, 3.8) is 0 Å². The lowest BCUT2D eigenvalue weighted by molar-refractivity contribution is -0.162. The number of hydrogen-bond donors (Lipinski definition) is 0. The Labute approximate surface area is 232 Å². The van der Waals surface area contributed by atoms with Crippen LogP contribution in [0, 0.1) is 21.7 Å². The minimum atomic E-state index is -0.575. The fourth-order valence-electron chi connectivity index (χ4n) is 1.47. The van der Waals surface area contributed by atoms with Gasteiger partial charge in [0.25, 0.3) is 0 Å². The van der Waals surface area contributed by atoms with Crippen molar-refractivity contribution in [3.05, 3.63) is 0 Å². The third-order valence-electron chi connectivity index (χ3n) is 3.50. The third kappa shape index (κ3) is 38.4. The van der Waals surface area contributed by atoms with Gasteiger partial charge in [-0.05, 0) is 66.2 Å². The van der Waals surface area contributed by atoms with Crippen molar-refractivity contribution in [2.75, 3.05) is 40.1 Å². The molecule has 38 heavy (non-hydrogen) atoms. The summed E-state index contributed by atoms with van der Waals surface area (Å²) in [7, 11) is 1.24. The van der Waals surface area contributed by atoms with E-state index in [4.69, 9.17) is 14.2 Å². The summed E-state index contributed by atoms with van der Waals surface area (Å²) in [6, 6.07) is 0. The first-order valence-electron chi connectivity index (χ1n) is 13.0. The van der Waals surface area contributed by atoms with E-state index in [0.29, 0.717) is 18.6 Å². The molecule has 0 aromatic carbocycles. The number of ether oxygens (including phenoxy) is 5. The molecule has 0 fully saturated rings. The second-order valence-corrected chi connectivity index (χ2v) is 12.9. The highest BCUT2D eigenvalue weighted by atomic mass is 16.6. The highest BCUT2D eigenvalue weighted by Crippen LogP contribution is 2.15. The van der Waals surface area contributed by atoms with Crippen molar-refractivity contribution in [1.82, 2.24) is 0 Å². The van der Waals surface area contributed by atoms with E-state index in [9.17, 15) is 19.2 Å². The summed E-state index contributed by atoms with van der Waals surface area (Å²) in [5, 5.41) is 0. The van der Waals surface area contributed by atoms with Gasteiger partial charge in [0.1, 0.15) is 0 Å². The van der Waals surface area contributed by atoms with E-state index in [1.54, 1.807) is 20.8 Å². The van der Waals surface area contributed by atoms with Gasteiger partial charge in [0, 0.05) is 13.5 Å². The zero-order valence-corrected chi connectivity index (χ0v) is 27.2.